The molecule has 2 nitrogen and oxygen atoms in total. The van der Waals surface area contributed by atoms with Crippen molar-refractivity contribution in [2.24, 2.45) is 0 Å². The summed E-state index contributed by atoms with van der Waals surface area (Å²) in [6, 6.07) is 7.84. The molecule has 0 amide bonds. The second-order valence-corrected chi connectivity index (χ2v) is 4.61. The molecule has 0 unspecified atom stereocenters. The third-order valence-corrected chi connectivity index (χ3v) is 3.11. The number of nitrogens with one attached hydrogen (secondary N) is 1. The Balaban J connectivity index is 1.90. The second kappa shape index (κ2) is 5.33. The summed E-state index contributed by atoms with van der Waals surface area (Å²) in [5.41, 5.74) is 1.73. The normalized spacial score (nSPS) is 11.6. The van der Waals surface area contributed by atoms with Crippen molar-refractivity contribution in [1.82, 2.24) is 10.3 Å². The van der Waals surface area contributed by atoms with Gasteiger partial charge in [0, 0.05) is 23.2 Å². The molecule has 1 aromatic carbocycles. The van der Waals surface area contributed by atoms with Gasteiger partial charge < -0.3 is 5.32 Å². The van der Waals surface area contributed by atoms with E-state index in [1.54, 1.807) is 29.9 Å². The summed E-state index contributed by atoms with van der Waals surface area (Å²) in [4.78, 5) is 4.84. The standard InChI is InChI=1S/C12H12F2N2S/c13-12(14,10-4-2-1-3-5-10)8-15-6-11-7-16-9-17-11/h1-5,7,9,15H,6,8H2. The number of aromatic nitrogens is 1. The first-order chi connectivity index (χ1) is 8.18. The molecule has 0 aliphatic rings. The minimum Gasteiger partial charge on any atom is -0.306 e. The van der Waals surface area contributed by atoms with Crippen molar-refractivity contribution >= 4 is 11.3 Å². The van der Waals surface area contributed by atoms with E-state index < -0.39 is 5.92 Å². The van der Waals surface area contributed by atoms with Gasteiger partial charge in [-0.15, -0.1) is 11.3 Å². The summed E-state index contributed by atoms with van der Waals surface area (Å²) in [7, 11) is 0. The van der Waals surface area contributed by atoms with Gasteiger partial charge in [-0.2, -0.15) is 8.78 Å². The molecule has 0 fully saturated rings. The maximum atomic E-state index is 13.7. The van der Waals surface area contributed by atoms with Gasteiger partial charge in [-0.05, 0) is 0 Å². The predicted molar refractivity (Wildman–Crippen MR) is 64.2 cm³/mol. The first kappa shape index (κ1) is 12.1. The van der Waals surface area contributed by atoms with Crippen molar-refractivity contribution < 1.29 is 8.78 Å². The molecule has 90 valence electrons. The van der Waals surface area contributed by atoms with E-state index in [0.29, 0.717) is 6.54 Å². The Kier molecular flexibility index (Phi) is 3.81. The lowest BCUT2D eigenvalue weighted by Gasteiger charge is -2.17. The molecule has 2 aromatic rings. The van der Waals surface area contributed by atoms with Crippen LogP contribution in [0.5, 0.6) is 0 Å². The van der Waals surface area contributed by atoms with Crippen LogP contribution in [0.4, 0.5) is 8.78 Å². The molecule has 1 N–H and O–H groups in total. The maximum Gasteiger partial charge on any atom is 0.285 e. The summed E-state index contributed by atoms with van der Waals surface area (Å²) in [5.74, 6) is -2.84. The zero-order valence-corrected chi connectivity index (χ0v) is 9.88. The zero-order valence-electron chi connectivity index (χ0n) is 9.07. The fourth-order valence-corrected chi connectivity index (χ4v) is 2.02. The molecule has 2 rings (SSSR count). The lowest BCUT2D eigenvalue weighted by Crippen LogP contribution is -2.30. The largest absolute Gasteiger partial charge is 0.306 e. The Morgan fingerprint density at radius 2 is 2.00 bits per heavy atom. The molecular formula is C12H12F2N2S. The van der Waals surface area contributed by atoms with E-state index >= 15 is 0 Å². The predicted octanol–water partition coefficient (Wildman–Crippen LogP) is 3.02. The highest BCUT2D eigenvalue weighted by Gasteiger charge is 2.30. The van der Waals surface area contributed by atoms with E-state index in [9.17, 15) is 8.78 Å². The van der Waals surface area contributed by atoms with Crippen LogP contribution in [0.3, 0.4) is 0 Å². The van der Waals surface area contributed by atoms with Crippen molar-refractivity contribution in [3.05, 3.63) is 52.5 Å². The maximum absolute atomic E-state index is 13.7. The van der Waals surface area contributed by atoms with Gasteiger partial charge in [-0.1, -0.05) is 30.3 Å². The van der Waals surface area contributed by atoms with Crippen LogP contribution in [0.2, 0.25) is 0 Å². The second-order valence-electron chi connectivity index (χ2n) is 3.64. The average molecular weight is 254 g/mol. The number of thiazole rings is 1. The SMILES string of the molecule is FC(F)(CNCc1cncs1)c1ccccc1. The van der Waals surface area contributed by atoms with E-state index in [-0.39, 0.29) is 12.1 Å². The van der Waals surface area contributed by atoms with Crippen LogP contribution < -0.4 is 5.32 Å². The van der Waals surface area contributed by atoms with E-state index in [0.717, 1.165) is 4.88 Å². The first-order valence-electron chi connectivity index (χ1n) is 5.20. The van der Waals surface area contributed by atoms with Crippen molar-refractivity contribution in [2.75, 3.05) is 6.54 Å². The lowest BCUT2D eigenvalue weighted by molar-refractivity contribution is -0.00338. The number of benzene rings is 1. The van der Waals surface area contributed by atoms with Crippen LogP contribution in [0.25, 0.3) is 0 Å². The van der Waals surface area contributed by atoms with Crippen molar-refractivity contribution in [3.63, 3.8) is 0 Å². The molecule has 0 atom stereocenters. The molecule has 0 saturated carbocycles. The summed E-state index contributed by atoms with van der Waals surface area (Å²) in [6.07, 6.45) is 1.68. The third-order valence-electron chi connectivity index (χ3n) is 2.33. The highest BCUT2D eigenvalue weighted by Crippen LogP contribution is 2.26. The minimum atomic E-state index is -2.84. The van der Waals surface area contributed by atoms with Crippen molar-refractivity contribution in [2.45, 2.75) is 12.5 Å². The molecular weight excluding hydrogens is 242 g/mol. The van der Waals surface area contributed by atoms with E-state index in [1.807, 2.05) is 0 Å². The van der Waals surface area contributed by atoms with Gasteiger partial charge in [0.05, 0.1) is 12.1 Å². The van der Waals surface area contributed by atoms with Gasteiger partial charge in [0.1, 0.15) is 0 Å². The number of hydrogen-bond acceptors (Lipinski definition) is 3. The smallest absolute Gasteiger partial charge is 0.285 e. The summed E-state index contributed by atoms with van der Waals surface area (Å²) >= 11 is 1.45. The summed E-state index contributed by atoms with van der Waals surface area (Å²) in [5, 5.41) is 2.75. The van der Waals surface area contributed by atoms with Crippen molar-refractivity contribution in [3.8, 4) is 0 Å². The van der Waals surface area contributed by atoms with Gasteiger partial charge in [0.25, 0.3) is 5.92 Å². The van der Waals surface area contributed by atoms with Crippen molar-refractivity contribution in [1.29, 1.82) is 0 Å². The van der Waals surface area contributed by atoms with E-state index in [1.165, 1.54) is 23.5 Å². The quantitative estimate of drug-likeness (QED) is 0.887. The third kappa shape index (κ3) is 3.31. The number of alkyl halides is 2. The number of rotatable bonds is 5. The molecule has 5 heteroatoms. The van der Waals surface area contributed by atoms with Gasteiger partial charge in [-0.25, -0.2) is 0 Å². The van der Waals surface area contributed by atoms with Crippen LogP contribution in [-0.4, -0.2) is 11.5 Å². The molecule has 0 aliphatic carbocycles. The molecule has 0 spiro atoms. The Labute approximate surface area is 102 Å². The van der Waals surface area contributed by atoms with Gasteiger partial charge >= 0.3 is 0 Å². The molecule has 1 aromatic heterocycles. The Hall–Kier alpha value is -1.33. The topological polar surface area (TPSA) is 24.9 Å². The highest BCUT2D eigenvalue weighted by atomic mass is 32.1. The Morgan fingerprint density at radius 3 is 2.65 bits per heavy atom. The van der Waals surface area contributed by atoms with Crippen LogP contribution in [-0.2, 0) is 12.5 Å². The summed E-state index contributed by atoms with van der Waals surface area (Å²) < 4.78 is 27.4. The molecule has 0 aliphatic heterocycles. The highest BCUT2D eigenvalue weighted by molar-refractivity contribution is 7.09. The first-order valence-corrected chi connectivity index (χ1v) is 6.08. The lowest BCUT2D eigenvalue weighted by atomic mass is 10.1. The molecule has 0 bridgehead atoms. The monoisotopic (exact) mass is 254 g/mol. The molecule has 1 heterocycles. The molecule has 17 heavy (non-hydrogen) atoms. The average Bonchev–Trinajstić information content (AvgIpc) is 2.83. The van der Waals surface area contributed by atoms with Gasteiger partial charge in [0.2, 0.25) is 0 Å². The minimum absolute atomic E-state index is 0.0387. The van der Waals surface area contributed by atoms with Gasteiger partial charge in [0.15, 0.2) is 0 Å². The summed E-state index contributed by atoms with van der Waals surface area (Å²) in [6.45, 7) is 0.0575. The van der Waals surface area contributed by atoms with Crippen LogP contribution in [0.15, 0.2) is 42.0 Å². The Bertz CT molecular complexity index is 443. The van der Waals surface area contributed by atoms with E-state index in [4.69, 9.17) is 0 Å². The van der Waals surface area contributed by atoms with Crippen LogP contribution in [0, 0.1) is 0 Å². The molecule has 0 saturated heterocycles. The number of hydrogen-bond donors (Lipinski definition) is 1. The fraction of sp³-hybridized carbons (Fsp3) is 0.250. The Morgan fingerprint density at radius 1 is 1.24 bits per heavy atom. The van der Waals surface area contributed by atoms with Gasteiger partial charge in [-0.3, -0.25) is 4.98 Å². The van der Waals surface area contributed by atoms with Crippen LogP contribution >= 0.6 is 11.3 Å². The van der Waals surface area contributed by atoms with Crippen LogP contribution in [0.1, 0.15) is 10.4 Å². The number of nitrogens with zero attached hydrogens (tertiary/aromatic N) is 1. The van der Waals surface area contributed by atoms with E-state index in [2.05, 4.69) is 10.3 Å². The number of halogens is 2. The zero-order chi connectivity index (χ0) is 12.1. The molecule has 0 radical (unpaired) electrons. The fourth-order valence-electron chi connectivity index (χ4n) is 1.46.